The molecule has 2 heterocycles. The Morgan fingerprint density at radius 3 is 1.80 bits per heavy atom. The van der Waals surface area contributed by atoms with Crippen LogP contribution < -0.4 is 10.9 Å². The van der Waals surface area contributed by atoms with Gasteiger partial charge in [-0.05, 0) is 24.3 Å². The van der Waals surface area contributed by atoms with Crippen molar-refractivity contribution in [3.63, 3.8) is 0 Å². The van der Waals surface area contributed by atoms with E-state index in [2.05, 4.69) is 31.0 Å². The van der Waals surface area contributed by atoms with Crippen LogP contribution in [0.25, 0.3) is 0 Å². The van der Waals surface area contributed by atoms with E-state index in [9.17, 15) is 4.79 Å². The number of pyridine rings is 2. The number of amides is 2. The van der Waals surface area contributed by atoms with Crippen molar-refractivity contribution in [1.29, 1.82) is 0 Å². The zero-order valence-corrected chi connectivity index (χ0v) is 10.5. The second kappa shape index (κ2) is 7.37. The number of hydrogen-bond acceptors (Lipinski definition) is 5. The van der Waals surface area contributed by atoms with E-state index >= 15 is 0 Å². The van der Waals surface area contributed by atoms with Gasteiger partial charge in [0.25, 0.3) is 0 Å². The molecule has 2 amide bonds. The molecule has 7 heteroatoms. The Labute approximate surface area is 115 Å². The van der Waals surface area contributed by atoms with Crippen molar-refractivity contribution in [2.24, 2.45) is 10.2 Å². The summed E-state index contributed by atoms with van der Waals surface area (Å²) < 4.78 is 0. The Balaban J connectivity index is 1.76. The summed E-state index contributed by atoms with van der Waals surface area (Å²) in [7, 11) is 0. The highest BCUT2D eigenvalue weighted by atomic mass is 16.2. The van der Waals surface area contributed by atoms with Gasteiger partial charge in [0, 0.05) is 12.4 Å². The Morgan fingerprint density at radius 2 is 1.40 bits per heavy atom. The van der Waals surface area contributed by atoms with Crippen molar-refractivity contribution >= 4 is 18.5 Å². The molecule has 0 aliphatic heterocycles. The minimum Gasteiger partial charge on any atom is -0.255 e. The standard InChI is InChI=1S/C13H12N6O/c20-13(18-16-9-11-5-1-3-7-14-11)19-17-10-12-6-2-4-8-15-12/h1-10H,(H2,18,19,20)/b16-9-,17-10+. The van der Waals surface area contributed by atoms with Crippen LogP contribution in [-0.2, 0) is 0 Å². The van der Waals surface area contributed by atoms with Gasteiger partial charge in [0.15, 0.2) is 0 Å². The van der Waals surface area contributed by atoms with Gasteiger partial charge in [-0.3, -0.25) is 9.97 Å². The molecule has 0 saturated heterocycles. The van der Waals surface area contributed by atoms with Crippen molar-refractivity contribution in [2.45, 2.75) is 0 Å². The lowest BCUT2D eigenvalue weighted by Gasteiger charge is -1.97. The van der Waals surface area contributed by atoms with Gasteiger partial charge >= 0.3 is 6.03 Å². The third-order valence-electron chi connectivity index (χ3n) is 2.10. The molecule has 0 atom stereocenters. The summed E-state index contributed by atoms with van der Waals surface area (Å²) in [5.74, 6) is 0. The normalized spacial score (nSPS) is 10.8. The molecule has 7 nitrogen and oxygen atoms in total. The maximum Gasteiger partial charge on any atom is 0.355 e. The maximum atomic E-state index is 11.3. The zero-order chi connectivity index (χ0) is 14.0. The van der Waals surface area contributed by atoms with E-state index in [4.69, 9.17) is 0 Å². The second-order valence-electron chi connectivity index (χ2n) is 3.58. The molecule has 100 valence electrons. The lowest BCUT2D eigenvalue weighted by Crippen LogP contribution is -2.28. The van der Waals surface area contributed by atoms with Gasteiger partial charge in [-0.1, -0.05) is 12.1 Å². The number of rotatable bonds is 4. The van der Waals surface area contributed by atoms with Crippen LogP contribution in [0.15, 0.2) is 59.0 Å². The Kier molecular flexibility index (Phi) is 4.92. The fourth-order valence-electron chi connectivity index (χ4n) is 1.24. The Hall–Kier alpha value is -3.09. The molecule has 2 aromatic heterocycles. The number of aromatic nitrogens is 2. The van der Waals surface area contributed by atoms with Gasteiger partial charge in [0.2, 0.25) is 0 Å². The van der Waals surface area contributed by atoms with Crippen molar-refractivity contribution in [2.75, 3.05) is 0 Å². The first-order valence-corrected chi connectivity index (χ1v) is 5.79. The Bertz CT molecular complexity index is 543. The first-order valence-electron chi connectivity index (χ1n) is 5.79. The SMILES string of the molecule is O=C(N/N=C\c1ccccn1)N/N=C/c1ccccn1. The van der Waals surface area contributed by atoms with E-state index in [0.717, 1.165) is 0 Å². The number of hydrogen-bond donors (Lipinski definition) is 2. The van der Waals surface area contributed by atoms with Crippen molar-refractivity contribution in [3.05, 3.63) is 60.2 Å². The smallest absolute Gasteiger partial charge is 0.255 e. The van der Waals surface area contributed by atoms with Crippen LogP contribution in [0.2, 0.25) is 0 Å². The highest BCUT2D eigenvalue weighted by Crippen LogP contribution is 1.88. The van der Waals surface area contributed by atoms with Gasteiger partial charge in [0.1, 0.15) is 0 Å². The van der Waals surface area contributed by atoms with Crippen LogP contribution in [0.1, 0.15) is 11.4 Å². The van der Waals surface area contributed by atoms with E-state index < -0.39 is 6.03 Å². The minimum absolute atomic E-state index is 0.552. The fraction of sp³-hybridized carbons (Fsp3) is 0. The van der Waals surface area contributed by atoms with Crippen LogP contribution >= 0.6 is 0 Å². The molecule has 0 unspecified atom stereocenters. The third kappa shape index (κ3) is 4.65. The second-order valence-corrected chi connectivity index (χ2v) is 3.58. The molecule has 0 saturated carbocycles. The number of urea groups is 1. The molecule has 0 spiro atoms. The molecule has 0 aliphatic carbocycles. The minimum atomic E-state index is -0.552. The lowest BCUT2D eigenvalue weighted by atomic mass is 10.4. The molecule has 0 bridgehead atoms. The van der Waals surface area contributed by atoms with E-state index in [-0.39, 0.29) is 0 Å². The van der Waals surface area contributed by atoms with Gasteiger partial charge < -0.3 is 0 Å². The Morgan fingerprint density at radius 1 is 0.900 bits per heavy atom. The van der Waals surface area contributed by atoms with Crippen LogP contribution in [0.3, 0.4) is 0 Å². The average Bonchev–Trinajstić information content (AvgIpc) is 2.49. The first-order chi connectivity index (χ1) is 9.84. The molecule has 0 fully saturated rings. The topological polar surface area (TPSA) is 91.6 Å². The van der Waals surface area contributed by atoms with Crippen molar-refractivity contribution < 1.29 is 4.79 Å². The van der Waals surface area contributed by atoms with Crippen LogP contribution in [0.5, 0.6) is 0 Å². The summed E-state index contributed by atoms with van der Waals surface area (Å²) in [5, 5.41) is 7.46. The molecule has 2 aromatic rings. The summed E-state index contributed by atoms with van der Waals surface area (Å²) >= 11 is 0. The van der Waals surface area contributed by atoms with Crippen molar-refractivity contribution in [1.82, 2.24) is 20.8 Å². The molecular formula is C13H12N6O. The number of carbonyl (C=O) groups excluding carboxylic acids is 1. The third-order valence-corrected chi connectivity index (χ3v) is 2.10. The van der Waals surface area contributed by atoms with Gasteiger partial charge in [0.05, 0.1) is 23.8 Å². The molecule has 0 radical (unpaired) electrons. The fourth-order valence-corrected chi connectivity index (χ4v) is 1.24. The van der Waals surface area contributed by atoms with E-state index in [1.165, 1.54) is 12.4 Å². The molecular weight excluding hydrogens is 256 g/mol. The van der Waals surface area contributed by atoms with Crippen molar-refractivity contribution in [3.8, 4) is 0 Å². The number of carbonyl (C=O) groups is 1. The van der Waals surface area contributed by atoms with Crippen LogP contribution in [0.4, 0.5) is 4.79 Å². The van der Waals surface area contributed by atoms with Gasteiger partial charge in [-0.25, -0.2) is 15.6 Å². The highest BCUT2D eigenvalue weighted by Gasteiger charge is 1.94. The predicted molar refractivity (Wildman–Crippen MR) is 75.3 cm³/mol. The average molecular weight is 268 g/mol. The lowest BCUT2D eigenvalue weighted by molar-refractivity contribution is 0.242. The molecule has 0 aliphatic rings. The van der Waals surface area contributed by atoms with Crippen LogP contribution in [-0.4, -0.2) is 28.4 Å². The number of hydrazone groups is 2. The number of nitrogens with zero attached hydrogens (tertiary/aromatic N) is 4. The molecule has 20 heavy (non-hydrogen) atoms. The monoisotopic (exact) mass is 268 g/mol. The van der Waals surface area contributed by atoms with Gasteiger partial charge in [-0.2, -0.15) is 10.2 Å². The zero-order valence-electron chi connectivity index (χ0n) is 10.5. The van der Waals surface area contributed by atoms with Gasteiger partial charge in [-0.15, -0.1) is 0 Å². The predicted octanol–water partition coefficient (Wildman–Crippen LogP) is 1.14. The van der Waals surface area contributed by atoms with Crippen LogP contribution in [0, 0.1) is 0 Å². The van der Waals surface area contributed by atoms with E-state index in [1.807, 2.05) is 12.1 Å². The summed E-state index contributed by atoms with van der Waals surface area (Å²) in [6, 6.07) is 10.2. The molecule has 0 aromatic carbocycles. The summed E-state index contributed by atoms with van der Waals surface area (Å²) in [6.07, 6.45) is 6.14. The quantitative estimate of drug-likeness (QED) is 0.643. The number of nitrogens with one attached hydrogen (secondary N) is 2. The summed E-state index contributed by atoms with van der Waals surface area (Å²) in [6.45, 7) is 0. The molecule has 2 rings (SSSR count). The summed E-state index contributed by atoms with van der Waals surface area (Å²) in [4.78, 5) is 19.4. The summed E-state index contributed by atoms with van der Waals surface area (Å²) in [5.41, 5.74) is 5.81. The molecule has 2 N–H and O–H groups in total. The maximum absolute atomic E-state index is 11.3. The highest BCUT2D eigenvalue weighted by molar-refractivity contribution is 5.81. The van der Waals surface area contributed by atoms with E-state index in [1.54, 1.807) is 36.7 Å². The first kappa shape index (κ1) is 13.3. The largest absolute Gasteiger partial charge is 0.355 e. The van der Waals surface area contributed by atoms with E-state index in [0.29, 0.717) is 11.4 Å².